The number of carbonyl (C=O) groups is 4. The summed E-state index contributed by atoms with van der Waals surface area (Å²) < 4.78 is 0. The van der Waals surface area contributed by atoms with Gasteiger partial charge in [0.1, 0.15) is 0 Å². The molecule has 0 atom stereocenters. The van der Waals surface area contributed by atoms with Crippen LogP contribution in [-0.2, 0) is 4.84 Å². The van der Waals surface area contributed by atoms with Crippen LogP contribution in [-0.4, -0.2) is 47.8 Å². The fourth-order valence-corrected chi connectivity index (χ4v) is 1.91. The van der Waals surface area contributed by atoms with E-state index >= 15 is 0 Å². The Morgan fingerprint density at radius 2 is 1.95 bits per heavy atom. The number of carbonyl (C=O) groups excluding carboxylic acids is 4. The lowest BCUT2D eigenvalue weighted by Crippen LogP contribution is -2.31. The predicted molar refractivity (Wildman–Crippen MR) is 68.7 cm³/mol. The lowest BCUT2D eigenvalue weighted by Gasteiger charge is -2.16. The average molecular weight is 307 g/mol. The van der Waals surface area contributed by atoms with E-state index in [1.54, 1.807) is 0 Å². The van der Waals surface area contributed by atoms with Crippen LogP contribution in [0.1, 0.15) is 41.4 Å². The van der Waals surface area contributed by atoms with E-state index in [4.69, 9.17) is 0 Å². The van der Waals surface area contributed by atoms with Crippen LogP contribution in [0.4, 0.5) is 0 Å². The van der Waals surface area contributed by atoms with Crippen LogP contribution in [0.15, 0.2) is 12.1 Å². The zero-order valence-electron chi connectivity index (χ0n) is 11.2. The van der Waals surface area contributed by atoms with Gasteiger partial charge in [0.15, 0.2) is 13.0 Å². The maximum Gasteiger partial charge on any atom is 0.296 e. The molecule has 0 unspecified atom stereocenters. The molecule has 114 valence electrons. The van der Waals surface area contributed by atoms with Gasteiger partial charge in [0.2, 0.25) is 0 Å². The number of hydrogen-bond acceptors (Lipinski definition) is 7. The molecule has 2 rings (SSSR count). The number of nitrogens with one attached hydrogen (secondary N) is 1. The molecule has 10 heteroatoms. The molecule has 0 aliphatic carbocycles. The van der Waals surface area contributed by atoms with Gasteiger partial charge in [-0.05, 0) is 12.1 Å². The van der Waals surface area contributed by atoms with Gasteiger partial charge in [0.25, 0.3) is 22.8 Å². The van der Waals surface area contributed by atoms with Crippen LogP contribution >= 0.6 is 0 Å². The van der Waals surface area contributed by atoms with Gasteiger partial charge in [0.05, 0.1) is 16.7 Å². The van der Waals surface area contributed by atoms with E-state index in [1.807, 2.05) is 5.32 Å². The van der Waals surface area contributed by atoms with Crippen LogP contribution in [0.25, 0.3) is 0 Å². The summed E-state index contributed by atoms with van der Waals surface area (Å²) in [4.78, 5) is 61.4. The number of aldehydes is 1. The number of benzene rings is 1. The zero-order valence-corrected chi connectivity index (χ0v) is 11.2. The topological polar surface area (TPSA) is 136 Å². The van der Waals surface area contributed by atoms with Crippen LogP contribution in [0.2, 0.25) is 0 Å². The molecule has 0 aromatic heterocycles. The largest absolute Gasteiger partial charge is 0.318 e. The second-order valence-corrected chi connectivity index (χ2v) is 4.37. The molecule has 1 heterocycles. The Kier molecular flexibility index (Phi) is 3.84. The molecule has 1 aromatic carbocycles. The SMILES string of the molecule is CN(CO[N+](=O)[O-])C(=O)c1cc2c(cc1C=O)C(=O)NC2=O. The summed E-state index contributed by atoms with van der Waals surface area (Å²) in [5, 5.41) is 11.1. The normalized spacial score (nSPS) is 12.4. The first-order valence-electron chi connectivity index (χ1n) is 5.86. The number of nitrogens with zero attached hydrogens (tertiary/aromatic N) is 2. The van der Waals surface area contributed by atoms with Gasteiger partial charge >= 0.3 is 0 Å². The highest BCUT2D eigenvalue weighted by molar-refractivity contribution is 6.23. The van der Waals surface area contributed by atoms with Crippen molar-refractivity contribution in [2.75, 3.05) is 13.8 Å². The molecule has 1 aliphatic heterocycles. The summed E-state index contributed by atoms with van der Waals surface area (Å²) in [7, 11) is 1.22. The molecule has 22 heavy (non-hydrogen) atoms. The van der Waals surface area contributed by atoms with Gasteiger partial charge in [-0.25, -0.2) is 0 Å². The highest BCUT2D eigenvalue weighted by Gasteiger charge is 2.30. The molecule has 3 amide bonds. The molecule has 10 nitrogen and oxygen atoms in total. The quantitative estimate of drug-likeness (QED) is 0.257. The number of rotatable bonds is 5. The molecule has 1 aliphatic rings. The average Bonchev–Trinajstić information content (AvgIpc) is 2.76. The summed E-state index contributed by atoms with van der Waals surface area (Å²) in [6.45, 7) is -0.646. The monoisotopic (exact) mass is 307 g/mol. The molecular formula is C12H9N3O7. The Bertz CT molecular complexity index is 713. The minimum absolute atomic E-state index is 0.00663. The molecule has 0 saturated carbocycles. The smallest absolute Gasteiger partial charge is 0.296 e. The van der Waals surface area contributed by atoms with Crippen molar-refractivity contribution >= 4 is 24.0 Å². The fourth-order valence-electron chi connectivity index (χ4n) is 1.91. The summed E-state index contributed by atoms with van der Waals surface area (Å²) >= 11 is 0. The predicted octanol–water partition coefficient (Wildman–Crippen LogP) is -0.379. The standard InChI is InChI=1S/C12H9N3O7/c1-14(5-22-15(20)21)12(19)7-3-9-8(2-6(7)4-16)10(17)13-11(9)18/h2-4H,5H2,1H3,(H,13,17,18). The minimum Gasteiger partial charge on any atom is -0.318 e. The Morgan fingerprint density at radius 1 is 1.36 bits per heavy atom. The lowest BCUT2D eigenvalue weighted by molar-refractivity contribution is -0.761. The molecule has 0 saturated heterocycles. The van der Waals surface area contributed by atoms with E-state index in [2.05, 4.69) is 4.84 Å². The molecule has 0 bridgehead atoms. The molecule has 0 fully saturated rings. The summed E-state index contributed by atoms with van der Waals surface area (Å²) in [6.07, 6.45) is 0.353. The second kappa shape index (κ2) is 5.60. The van der Waals surface area contributed by atoms with Gasteiger partial charge in [-0.1, -0.05) is 0 Å². The third kappa shape index (κ3) is 2.61. The van der Waals surface area contributed by atoms with Crippen molar-refractivity contribution in [3.63, 3.8) is 0 Å². The molecule has 0 spiro atoms. The van der Waals surface area contributed by atoms with Crippen LogP contribution in [0, 0.1) is 10.1 Å². The number of fused-ring (bicyclic) bond motifs is 1. The van der Waals surface area contributed by atoms with Gasteiger partial charge < -0.3 is 4.90 Å². The first-order chi connectivity index (χ1) is 10.3. The molecule has 0 radical (unpaired) electrons. The first-order valence-corrected chi connectivity index (χ1v) is 5.86. The van der Waals surface area contributed by atoms with Gasteiger partial charge in [-0.15, -0.1) is 10.1 Å². The van der Waals surface area contributed by atoms with Crippen molar-refractivity contribution in [2.24, 2.45) is 0 Å². The summed E-state index contributed by atoms with van der Waals surface area (Å²) in [5.41, 5.74) is -0.315. The van der Waals surface area contributed by atoms with Crippen molar-refractivity contribution in [3.05, 3.63) is 44.5 Å². The van der Waals surface area contributed by atoms with Gasteiger partial charge in [0, 0.05) is 12.6 Å². The molecular weight excluding hydrogens is 298 g/mol. The summed E-state index contributed by atoms with van der Waals surface area (Å²) in [5.74, 6) is -2.11. The zero-order chi connectivity index (χ0) is 16.4. The van der Waals surface area contributed by atoms with Crippen molar-refractivity contribution in [3.8, 4) is 0 Å². The second-order valence-electron chi connectivity index (χ2n) is 4.37. The Labute approximate surface area is 122 Å². The van der Waals surface area contributed by atoms with Crippen LogP contribution < -0.4 is 5.32 Å². The highest BCUT2D eigenvalue weighted by atomic mass is 17.0. The van der Waals surface area contributed by atoms with E-state index < -0.39 is 29.5 Å². The van der Waals surface area contributed by atoms with Crippen molar-refractivity contribution in [1.82, 2.24) is 10.2 Å². The number of hydrogen-bond donors (Lipinski definition) is 1. The van der Waals surface area contributed by atoms with Crippen LogP contribution in [0.3, 0.4) is 0 Å². The van der Waals surface area contributed by atoms with Gasteiger partial charge in [-0.2, -0.15) is 0 Å². The van der Waals surface area contributed by atoms with E-state index in [1.165, 1.54) is 7.05 Å². The van der Waals surface area contributed by atoms with Crippen molar-refractivity contribution in [1.29, 1.82) is 0 Å². The lowest BCUT2D eigenvalue weighted by atomic mass is 9.99. The maximum absolute atomic E-state index is 12.2. The van der Waals surface area contributed by atoms with E-state index in [-0.39, 0.29) is 22.3 Å². The Hall–Kier alpha value is -3.30. The maximum atomic E-state index is 12.2. The summed E-state index contributed by atoms with van der Waals surface area (Å²) in [6, 6.07) is 2.22. The number of amides is 3. The minimum atomic E-state index is -1.07. The third-order valence-corrected chi connectivity index (χ3v) is 2.97. The number of imide groups is 1. The molecule has 1 aromatic rings. The Morgan fingerprint density at radius 3 is 2.50 bits per heavy atom. The first kappa shape index (κ1) is 15.1. The van der Waals surface area contributed by atoms with E-state index in [9.17, 15) is 29.3 Å². The Balaban J connectivity index is 2.38. The third-order valence-electron chi connectivity index (χ3n) is 2.97. The highest BCUT2D eigenvalue weighted by Crippen LogP contribution is 2.21. The van der Waals surface area contributed by atoms with Crippen molar-refractivity contribution < 1.29 is 29.1 Å². The molecule has 1 N–H and O–H groups in total. The fraction of sp³-hybridized carbons (Fsp3) is 0.167. The van der Waals surface area contributed by atoms with Crippen LogP contribution in [0.5, 0.6) is 0 Å². The van der Waals surface area contributed by atoms with Gasteiger partial charge in [-0.3, -0.25) is 29.3 Å². The van der Waals surface area contributed by atoms with E-state index in [0.29, 0.717) is 6.29 Å². The van der Waals surface area contributed by atoms with Crippen molar-refractivity contribution in [2.45, 2.75) is 0 Å². The van der Waals surface area contributed by atoms with E-state index in [0.717, 1.165) is 17.0 Å².